The first-order valence-corrected chi connectivity index (χ1v) is 7.41. The molecule has 0 aliphatic carbocycles. The van der Waals surface area contributed by atoms with E-state index in [1.807, 2.05) is 0 Å². The van der Waals surface area contributed by atoms with Gasteiger partial charge in [-0.25, -0.2) is 0 Å². The van der Waals surface area contributed by atoms with Crippen molar-refractivity contribution in [1.29, 1.82) is 0 Å². The van der Waals surface area contributed by atoms with E-state index in [-0.39, 0.29) is 6.10 Å². The van der Waals surface area contributed by atoms with Crippen molar-refractivity contribution < 1.29 is 9.47 Å². The molecule has 1 unspecified atom stereocenters. The van der Waals surface area contributed by atoms with Gasteiger partial charge in [-0.2, -0.15) is 0 Å². The summed E-state index contributed by atoms with van der Waals surface area (Å²) in [6.07, 6.45) is 7.26. The van der Waals surface area contributed by atoms with Crippen molar-refractivity contribution in [3.63, 3.8) is 0 Å². The Bertz CT molecular complexity index is 209. The maximum atomic E-state index is 5.69. The lowest BCUT2D eigenvalue weighted by Gasteiger charge is -2.12. The van der Waals surface area contributed by atoms with E-state index >= 15 is 0 Å². The summed E-state index contributed by atoms with van der Waals surface area (Å²) in [4.78, 5) is 0. The second-order valence-electron chi connectivity index (χ2n) is 5.56. The minimum absolute atomic E-state index is 0.191. The normalized spacial score (nSPS) is 14.2. The summed E-state index contributed by atoms with van der Waals surface area (Å²) in [5.41, 5.74) is 1.44. The van der Waals surface area contributed by atoms with E-state index < -0.39 is 0 Å². The first-order valence-electron chi connectivity index (χ1n) is 7.41. The van der Waals surface area contributed by atoms with E-state index in [0.717, 1.165) is 18.9 Å². The van der Waals surface area contributed by atoms with Crippen LogP contribution in [0.3, 0.4) is 0 Å². The zero-order chi connectivity index (χ0) is 13.8. The molecule has 2 heteroatoms. The third kappa shape index (κ3) is 12.1. The highest BCUT2D eigenvalue weighted by Gasteiger charge is 2.01. The highest BCUT2D eigenvalue weighted by molar-refractivity contribution is 4.97. The van der Waals surface area contributed by atoms with Gasteiger partial charge in [0.25, 0.3) is 0 Å². The van der Waals surface area contributed by atoms with Crippen LogP contribution < -0.4 is 0 Å². The van der Waals surface area contributed by atoms with Crippen molar-refractivity contribution >= 4 is 0 Å². The Morgan fingerprint density at radius 1 is 1.22 bits per heavy atom. The molecule has 0 aromatic rings. The molecule has 1 atom stereocenters. The summed E-state index contributed by atoms with van der Waals surface area (Å²) >= 11 is 0. The molecule has 18 heavy (non-hydrogen) atoms. The van der Waals surface area contributed by atoms with Crippen LogP contribution in [0.5, 0.6) is 0 Å². The zero-order valence-corrected chi connectivity index (χ0v) is 13.0. The van der Waals surface area contributed by atoms with Crippen LogP contribution in [-0.2, 0) is 9.47 Å². The topological polar surface area (TPSA) is 18.5 Å². The van der Waals surface area contributed by atoms with Crippen LogP contribution in [0.2, 0.25) is 0 Å². The zero-order valence-electron chi connectivity index (χ0n) is 13.0. The number of allylic oxidation sites excluding steroid dienone is 1. The maximum absolute atomic E-state index is 5.69. The van der Waals surface area contributed by atoms with Gasteiger partial charge in [-0.15, -0.1) is 0 Å². The van der Waals surface area contributed by atoms with Crippen molar-refractivity contribution in [2.45, 2.75) is 66.4 Å². The molecule has 0 fully saturated rings. The predicted octanol–water partition coefficient (Wildman–Crippen LogP) is 4.59. The molecule has 0 aromatic carbocycles. The fraction of sp³-hybridized carbons (Fsp3) is 0.875. The van der Waals surface area contributed by atoms with Gasteiger partial charge in [0, 0.05) is 6.61 Å². The molecule has 0 bridgehead atoms. The van der Waals surface area contributed by atoms with E-state index in [1.165, 1.54) is 24.8 Å². The third-order valence-electron chi connectivity index (χ3n) is 2.87. The number of hydrogen-bond acceptors (Lipinski definition) is 2. The summed E-state index contributed by atoms with van der Waals surface area (Å²) in [5.74, 6) is 0.810. The Kier molecular flexibility index (Phi) is 11.5. The van der Waals surface area contributed by atoms with E-state index in [4.69, 9.17) is 9.47 Å². The first-order chi connectivity index (χ1) is 8.56. The van der Waals surface area contributed by atoms with Crippen LogP contribution in [0.4, 0.5) is 0 Å². The van der Waals surface area contributed by atoms with Crippen molar-refractivity contribution in [3.8, 4) is 0 Å². The lowest BCUT2D eigenvalue weighted by atomic mass is 10.0. The van der Waals surface area contributed by atoms with Crippen LogP contribution >= 0.6 is 0 Å². The van der Waals surface area contributed by atoms with E-state index in [1.54, 1.807) is 0 Å². The Morgan fingerprint density at radius 2 is 1.94 bits per heavy atom. The fourth-order valence-electron chi connectivity index (χ4n) is 1.69. The molecule has 0 spiro atoms. The lowest BCUT2D eigenvalue weighted by Crippen LogP contribution is -2.16. The first kappa shape index (κ1) is 17.7. The minimum atomic E-state index is 0.191. The van der Waals surface area contributed by atoms with Gasteiger partial charge < -0.3 is 9.47 Å². The molecule has 0 radical (unpaired) electrons. The molecule has 108 valence electrons. The van der Waals surface area contributed by atoms with E-state index in [2.05, 4.69) is 40.7 Å². The summed E-state index contributed by atoms with van der Waals surface area (Å²) in [7, 11) is 0. The molecular weight excluding hydrogens is 224 g/mol. The van der Waals surface area contributed by atoms with Crippen molar-refractivity contribution in [1.82, 2.24) is 0 Å². The van der Waals surface area contributed by atoms with Gasteiger partial charge in [-0.3, -0.25) is 0 Å². The average Bonchev–Trinajstić information content (AvgIpc) is 2.29. The van der Waals surface area contributed by atoms with Crippen LogP contribution in [0.1, 0.15) is 60.3 Å². The largest absolute Gasteiger partial charge is 0.379 e. The molecule has 0 aliphatic heterocycles. The second kappa shape index (κ2) is 11.7. The number of hydrogen-bond donors (Lipinski definition) is 0. The summed E-state index contributed by atoms with van der Waals surface area (Å²) in [6, 6.07) is 0. The maximum Gasteiger partial charge on any atom is 0.0784 e. The summed E-state index contributed by atoms with van der Waals surface area (Å²) in [5, 5.41) is 0. The van der Waals surface area contributed by atoms with Gasteiger partial charge in [0.05, 0.1) is 19.3 Å². The highest BCUT2D eigenvalue weighted by atomic mass is 16.5. The SMILES string of the molecule is CCCOCC(C)OC/C=C(\C)CCCC(C)C. The molecule has 0 aromatic heterocycles. The molecule has 0 amide bonds. The molecule has 0 N–H and O–H groups in total. The van der Waals surface area contributed by atoms with Crippen molar-refractivity contribution in [2.75, 3.05) is 19.8 Å². The lowest BCUT2D eigenvalue weighted by molar-refractivity contribution is 0.00455. The number of rotatable bonds is 11. The van der Waals surface area contributed by atoms with E-state index in [9.17, 15) is 0 Å². The number of ether oxygens (including phenoxy) is 2. The summed E-state index contributed by atoms with van der Waals surface area (Å²) in [6.45, 7) is 13.2. The highest BCUT2D eigenvalue weighted by Crippen LogP contribution is 2.11. The van der Waals surface area contributed by atoms with Crippen molar-refractivity contribution in [3.05, 3.63) is 11.6 Å². The van der Waals surface area contributed by atoms with Crippen molar-refractivity contribution in [2.24, 2.45) is 5.92 Å². The van der Waals surface area contributed by atoms with Crippen LogP contribution in [0.25, 0.3) is 0 Å². The molecule has 0 aliphatic rings. The predicted molar refractivity (Wildman–Crippen MR) is 79.0 cm³/mol. The molecular formula is C16H32O2. The van der Waals surface area contributed by atoms with Gasteiger partial charge in [-0.1, -0.05) is 38.8 Å². The van der Waals surface area contributed by atoms with Gasteiger partial charge in [0.2, 0.25) is 0 Å². The Labute approximate surface area is 114 Å². The Morgan fingerprint density at radius 3 is 2.56 bits per heavy atom. The van der Waals surface area contributed by atoms with Crippen LogP contribution in [0.15, 0.2) is 11.6 Å². The monoisotopic (exact) mass is 256 g/mol. The second-order valence-corrected chi connectivity index (χ2v) is 5.56. The van der Waals surface area contributed by atoms with Crippen LogP contribution in [0, 0.1) is 5.92 Å². The van der Waals surface area contributed by atoms with Gasteiger partial charge in [0.1, 0.15) is 0 Å². The quantitative estimate of drug-likeness (QED) is 0.397. The Balaban J connectivity index is 3.54. The fourth-order valence-corrected chi connectivity index (χ4v) is 1.69. The third-order valence-corrected chi connectivity index (χ3v) is 2.87. The standard InChI is InChI=1S/C16H32O2/c1-6-11-17-13-16(5)18-12-10-15(4)9-7-8-14(2)3/h10,14,16H,6-9,11-13H2,1-5H3/b15-10+. The minimum Gasteiger partial charge on any atom is -0.379 e. The average molecular weight is 256 g/mol. The molecule has 0 saturated heterocycles. The van der Waals surface area contributed by atoms with E-state index in [0.29, 0.717) is 13.2 Å². The summed E-state index contributed by atoms with van der Waals surface area (Å²) < 4.78 is 11.1. The van der Waals surface area contributed by atoms with Crippen LogP contribution in [-0.4, -0.2) is 25.9 Å². The molecule has 0 rings (SSSR count). The Hall–Kier alpha value is -0.340. The smallest absolute Gasteiger partial charge is 0.0784 e. The molecule has 2 nitrogen and oxygen atoms in total. The van der Waals surface area contributed by atoms with Gasteiger partial charge in [-0.05, 0) is 39.0 Å². The molecule has 0 heterocycles. The van der Waals surface area contributed by atoms with Gasteiger partial charge in [0.15, 0.2) is 0 Å². The molecule has 0 saturated carbocycles. The van der Waals surface area contributed by atoms with Gasteiger partial charge >= 0.3 is 0 Å².